The second-order valence-electron chi connectivity index (χ2n) is 13.0. The van der Waals surface area contributed by atoms with Gasteiger partial charge in [0.2, 0.25) is 0 Å². The van der Waals surface area contributed by atoms with E-state index in [0.29, 0.717) is 0 Å². The van der Waals surface area contributed by atoms with Gasteiger partial charge in [0, 0.05) is 57.8 Å². The van der Waals surface area contributed by atoms with Crippen LogP contribution in [0.2, 0.25) is 0 Å². The fourth-order valence-corrected chi connectivity index (χ4v) is 7.97. The minimum absolute atomic E-state index is 0.840. The van der Waals surface area contributed by atoms with E-state index in [1.807, 2.05) is 31.5 Å². The van der Waals surface area contributed by atoms with Crippen LogP contribution in [0.25, 0.3) is 77.3 Å². The maximum Gasteiger partial charge on any atom is 0.0547 e. The third-order valence-electron chi connectivity index (χ3n) is 10.3. The highest BCUT2D eigenvalue weighted by Gasteiger charge is 2.24. The van der Waals surface area contributed by atoms with Crippen LogP contribution in [0, 0.1) is 10.8 Å². The van der Waals surface area contributed by atoms with Crippen molar-refractivity contribution in [1.29, 1.82) is 10.8 Å². The number of aryl methyl sites for hydroxylation is 2. The molecule has 0 saturated carbocycles. The second kappa shape index (κ2) is 13.2. The number of rotatable bonds is 9. The number of nitrogens with two attached hydrogens (primary N) is 1. The lowest BCUT2D eigenvalue weighted by atomic mass is 9.84. The van der Waals surface area contributed by atoms with Gasteiger partial charge in [-0.25, -0.2) is 0 Å². The molecular weight excluding hydrogens is 637 g/mol. The molecule has 252 valence electrons. The molecule has 8 rings (SSSR count). The molecule has 0 spiro atoms. The van der Waals surface area contributed by atoms with Gasteiger partial charge in [-0.2, -0.15) is 0 Å². The van der Waals surface area contributed by atoms with Gasteiger partial charge in [-0.3, -0.25) is 4.98 Å². The summed E-state index contributed by atoms with van der Waals surface area (Å²) < 4.78 is 4.55. The lowest BCUT2D eigenvalue weighted by Crippen LogP contribution is -2.05. The average Bonchev–Trinajstić information content (AvgIpc) is 3.67. The second-order valence-corrected chi connectivity index (χ2v) is 13.0. The lowest BCUT2D eigenvalue weighted by Gasteiger charge is -2.21. The molecule has 4 N–H and O–H groups in total. The molecule has 0 amide bonds. The van der Waals surface area contributed by atoms with Gasteiger partial charge in [-0.1, -0.05) is 37.4 Å². The molecule has 0 radical (unpaired) electrons. The number of benzene rings is 4. The topological polar surface area (TPSA) is 96.5 Å². The Labute approximate surface area is 302 Å². The number of hydrogen-bond donors (Lipinski definition) is 3. The molecule has 0 unspecified atom stereocenters. The minimum Gasteiger partial charge on any atom is -0.405 e. The third kappa shape index (κ3) is 5.07. The van der Waals surface area contributed by atoms with E-state index >= 15 is 0 Å². The van der Waals surface area contributed by atoms with Crippen LogP contribution in [0.15, 0.2) is 141 Å². The van der Waals surface area contributed by atoms with Gasteiger partial charge in [0.25, 0.3) is 0 Å². The highest BCUT2D eigenvalue weighted by molar-refractivity contribution is 6.15. The third-order valence-corrected chi connectivity index (χ3v) is 10.3. The summed E-state index contributed by atoms with van der Waals surface area (Å²) in [5.74, 6) is 0. The molecule has 7 aromatic rings. The van der Waals surface area contributed by atoms with E-state index in [9.17, 15) is 0 Å². The Bertz CT molecular complexity index is 2760. The van der Waals surface area contributed by atoms with Crippen LogP contribution in [0.5, 0.6) is 0 Å². The van der Waals surface area contributed by atoms with Crippen LogP contribution in [-0.4, -0.2) is 26.5 Å². The van der Waals surface area contributed by atoms with Crippen molar-refractivity contribution in [2.75, 3.05) is 0 Å². The van der Waals surface area contributed by atoms with E-state index in [2.05, 4.69) is 106 Å². The van der Waals surface area contributed by atoms with Gasteiger partial charge in [-0.05, 0) is 155 Å². The first-order valence-corrected chi connectivity index (χ1v) is 17.4. The van der Waals surface area contributed by atoms with Crippen LogP contribution < -0.4 is 5.73 Å². The smallest absolute Gasteiger partial charge is 0.0547 e. The first-order chi connectivity index (χ1) is 25.5. The average molecular weight is 675 g/mol. The summed E-state index contributed by atoms with van der Waals surface area (Å²) in [6.45, 7) is 10.2. The van der Waals surface area contributed by atoms with Crippen molar-refractivity contribution in [3.05, 3.63) is 163 Å². The largest absolute Gasteiger partial charge is 0.405 e. The molecule has 3 heterocycles. The summed E-state index contributed by atoms with van der Waals surface area (Å²) in [5.41, 5.74) is 21.2. The van der Waals surface area contributed by atoms with Gasteiger partial charge in [-0.15, -0.1) is 0 Å². The van der Waals surface area contributed by atoms with E-state index in [1.165, 1.54) is 45.5 Å². The number of pyridine rings is 1. The number of nitrogens with one attached hydrogen (secondary N) is 2. The van der Waals surface area contributed by atoms with E-state index in [4.69, 9.17) is 16.6 Å². The van der Waals surface area contributed by atoms with Crippen molar-refractivity contribution in [1.82, 2.24) is 14.1 Å². The van der Waals surface area contributed by atoms with Gasteiger partial charge < -0.3 is 25.7 Å². The van der Waals surface area contributed by atoms with Crippen LogP contribution in [0.1, 0.15) is 29.2 Å². The monoisotopic (exact) mass is 674 g/mol. The van der Waals surface area contributed by atoms with Crippen LogP contribution in [0.4, 0.5) is 0 Å². The summed E-state index contributed by atoms with van der Waals surface area (Å²) in [4.78, 5) is 4.31. The van der Waals surface area contributed by atoms with Crippen molar-refractivity contribution in [3.63, 3.8) is 0 Å². The van der Waals surface area contributed by atoms with Gasteiger partial charge in [0.05, 0.1) is 22.1 Å². The van der Waals surface area contributed by atoms with Crippen molar-refractivity contribution in [2.45, 2.75) is 19.8 Å². The zero-order valence-corrected chi connectivity index (χ0v) is 29.0. The van der Waals surface area contributed by atoms with E-state index in [-0.39, 0.29) is 0 Å². The molecule has 0 saturated heterocycles. The Morgan fingerprint density at radius 2 is 1.29 bits per heavy atom. The minimum atomic E-state index is 0.840. The van der Waals surface area contributed by atoms with Crippen LogP contribution in [0.3, 0.4) is 0 Å². The molecule has 0 atom stereocenters. The summed E-state index contributed by atoms with van der Waals surface area (Å²) >= 11 is 0. The molecule has 6 heteroatoms. The molecular formula is C46H38N6. The lowest BCUT2D eigenvalue weighted by molar-refractivity contribution is 0.946. The first-order valence-electron chi connectivity index (χ1n) is 17.4. The Hall–Kier alpha value is -6.79. The summed E-state index contributed by atoms with van der Waals surface area (Å²) in [7, 11) is 0. The molecule has 52 heavy (non-hydrogen) atoms. The zero-order valence-electron chi connectivity index (χ0n) is 29.0. The van der Waals surface area contributed by atoms with Crippen molar-refractivity contribution in [2.24, 2.45) is 5.73 Å². The Kier molecular flexibility index (Phi) is 8.20. The highest BCUT2D eigenvalue weighted by Crippen LogP contribution is 2.44. The Morgan fingerprint density at radius 1 is 0.692 bits per heavy atom. The number of aromatic nitrogens is 3. The Balaban J connectivity index is 1.43. The summed E-state index contributed by atoms with van der Waals surface area (Å²) in [6.07, 6.45) is 20.9. The molecule has 1 aliphatic rings. The van der Waals surface area contributed by atoms with E-state index < -0.39 is 0 Å². The predicted molar refractivity (Wildman–Crippen MR) is 222 cm³/mol. The van der Waals surface area contributed by atoms with E-state index in [1.54, 1.807) is 24.4 Å². The standard InChI is InChI=1S/C46H38N6/c1-4-29(13-18-47)31-9-11-43-39(23-31)41-25-33-7-8-34-26-42-40-24-32(30(5-2)14-19-48)10-12-44(40)52(36-16-21-50-22-17-36)46(42)28-38(34)37(33)27-45(41)51(43)35(6-3)15-20-49/h4-6,9-28,48-49H,2-3,7-8,47H2,1H3/b18-13-,29-4+,30-14+,35-15+,48-19?,49-20?. The number of nitrogens with zero attached hydrogens (tertiary/aromatic N) is 3. The predicted octanol–water partition coefficient (Wildman–Crippen LogP) is 10.8. The van der Waals surface area contributed by atoms with Crippen molar-refractivity contribution in [3.8, 4) is 16.8 Å². The molecule has 1 aliphatic carbocycles. The molecule has 4 aromatic carbocycles. The molecule has 0 aliphatic heterocycles. The van der Waals surface area contributed by atoms with Gasteiger partial charge in [0.15, 0.2) is 0 Å². The maximum absolute atomic E-state index is 7.93. The number of hydrogen-bond acceptors (Lipinski definition) is 4. The maximum atomic E-state index is 7.93. The zero-order chi connectivity index (χ0) is 35.9. The molecule has 6 nitrogen and oxygen atoms in total. The highest BCUT2D eigenvalue weighted by atomic mass is 15.0. The number of allylic oxidation sites excluding steroid dienone is 9. The normalized spacial score (nSPS) is 13.6. The van der Waals surface area contributed by atoms with Crippen LogP contribution in [-0.2, 0) is 12.8 Å². The van der Waals surface area contributed by atoms with E-state index in [0.717, 1.165) is 79.3 Å². The Morgan fingerprint density at radius 3 is 1.90 bits per heavy atom. The SMILES string of the molecule is C=C/C(=C\C=N)c1ccc2c(c1)c1cc3c(cc1n2-c1ccncc1)-c1cc2c(cc1CC3)c1cc(C(/C=C\N)=C/C)ccc1n2/C(C=C)=C/C=N. The van der Waals surface area contributed by atoms with Crippen molar-refractivity contribution < 1.29 is 0 Å². The molecule has 0 bridgehead atoms. The van der Waals surface area contributed by atoms with Crippen molar-refractivity contribution >= 4 is 72.9 Å². The quantitative estimate of drug-likeness (QED) is 0.105. The number of fused-ring (bicyclic) bond motifs is 9. The summed E-state index contributed by atoms with van der Waals surface area (Å²) in [5, 5.41) is 20.3. The summed E-state index contributed by atoms with van der Waals surface area (Å²) in [6, 6.07) is 26.6. The van der Waals surface area contributed by atoms with Crippen LogP contribution >= 0.6 is 0 Å². The fraction of sp³-hybridized carbons (Fsp3) is 0.0652. The van der Waals surface area contributed by atoms with Gasteiger partial charge in [0.1, 0.15) is 0 Å². The fourth-order valence-electron chi connectivity index (χ4n) is 7.97. The van der Waals surface area contributed by atoms with Gasteiger partial charge >= 0.3 is 0 Å². The molecule has 3 aromatic heterocycles. The first kappa shape index (κ1) is 32.4. The molecule has 0 fully saturated rings.